The van der Waals surface area contributed by atoms with Crippen molar-refractivity contribution in [2.45, 2.75) is 37.8 Å². The van der Waals surface area contributed by atoms with Gasteiger partial charge in [-0.25, -0.2) is 4.98 Å². The normalized spacial score (nSPS) is 27.8. The van der Waals surface area contributed by atoms with Crippen LogP contribution in [0.1, 0.15) is 31.7 Å². The zero-order chi connectivity index (χ0) is 9.97. The van der Waals surface area contributed by atoms with Crippen LogP contribution in [0.25, 0.3) is 0 Å². The molecule has 78 valence electrons. The molecule has 0 aliphatic heterocycles. The number of nitrogens with two attached hydrogens (primary N) is 1. The van der Waals surface area contributed by atoms with E-state index in [2.05, 4.69) is 9.55 Å². The van der Waals surface area contributed by atoms with Crippen molar-refractivity contribution in [2.24, 2.45) is 0 Å². The molecular weight excluding hydrogens is 178 g/mol. The number of nitrogen functional groups attached to an aromatic ring is 1. The Morgan fingerprint density at radius 2 is 2.29 bits per heavy atom. The molecule has 0 spiro atoms. The molecule has 1 fully saturated rings. The second-order valence-electron chi connectivity index (χ2n) is 3.87. The van der Waals surface area contributed by atoms with Crippen LogP contribution >= 0.6 is 0 Å². The van der Waals surface area contributed by atoms with E-state index >= 15 is 0 Å². The Morgan fingerprint density at radius 3 is 2.93 bits per heavy atom. The van der Waals surface area contributed by atoms with Crippen LogP contribution in [0.3, 0.4) is 0 Å². The molecule has 0 radical (unpaired) electrons. The second kappa shape index (κ2) is 4.00. The number of hydrogen-bond acceptors (Lipinski definition) is 3. The third-order valence-corrected chi connectivity index (χ3v) is 2.97. The van der Waals surface area contributed by atoms with Crippen LogP contribution in [-0.2, 0) is 4.74 Å². The van der Waals surface area contributed by atoms with Gasteiger partial charge in [-0.15, -0.1) is 0 Å². The maximum absolute atomic E-state index is 5.60. The number of hydrogen-bond donors (Lipinski definition) is 1. The Balaban J connectivity index is 2.14. The molecule has 1 aromatic rings. The fraction of sp³-hybridized carbons (Fsp3) is 0.700. The van der Waals surface area contributed by atoms with Crippen LogP contribution in [0.15, 0.2) is 12.5 Å². The lowest BCUT2D eigenvalue weighted by molar-refractivity contribution is 0.0290. The lowest BCUT2D eigenvalue weighted by Crippen LogP contribution is -2.28. The number of anilines is 1. The SMILES string of the molecule is COC1CCCCC1n1cnc(N)c1. The highest BCUT2D eigenvalue weighted by Crippen LogP contribution is 2.30. The molecule has 1 heterocycles. The molecule has 0 amide bonds. The summed E-state index contributed by atoms with van der Waals surface area (Å²) in [4.78, 5) is 4.05. The number of imidazole rings is 1. The summed E-state index contributed by atoms with van der Waals surface area (Å²) in [6, 6.07) is 0.415. The largest absolute Gasteiger partial charge is 0.382 e. The summed E-state index contributed by atoms with van der Waals surface area (Å²) in [6.45, 7) is 0. The summed E-state index contributed by atoms with van der Waals surface area (Å²) < 4.78 is 7.56. The van der Waals surface area contributed by atoms with Crippen LogP contribution in [0, 0.1) is 0 Å². The molecule has 0 saturated heterocycles. The van der Waals surface area contributed by atoms with E-state index in [9.17, 15) is 0 Å². The first-order valence-corrected chi connectivity index (χ1v) is 5.13. The Bertz CT molecular complexity index is 297. The minimum Gasteiger partial charge on any atom is -0.382 e. The van der Waals surface area contributed by atoms with Crippen LogP contribution in [0.5, 0.6) is 0 Å². The highest BCUT2D eigenvalue weighted by Gasteiger charge is 2.26. The summed E-state index contributed by atoms with van der Waals surface area (Å²) >= 11 is 0. The van der Waals surface area contributed by atoms with Gasteiger partial charge in [0.05, 0.1) is 18.5 Å². The summed E-state index contributed by atoms with van der Waals surface area (Å²) in [5, 5.41) is 0. The van der Waals surface area contributed by atoms with E-state index < -0.39 is 0 Å². The van der Waals surface area contributed by atoms with Crippen molar-refractivity contribution in [1.82, 2.24) is 9.55 Å². The average Bonchev–Trinajstić information content (AvgIpc) is 2.65. The highest BCUT2D eigenvalue weighted by molar-refractivity contribution is 5.23. The summed E-state index contributed by atoms with van der Waals surface area (Å²) in [5.41, 5.74) is 5.60. The minimum absolute atomic E-state index is 0.317. The molecule has 2 N–H and O–H groups in total. The van der Waals surface area contributed by atoms with Crippen molar-refractivity contribution in [1.29, 1.82) is 0 Å². The Hall–Kier alpha value is -1.03. The number of methoxy groups -OCH3 is 1. The van der Waals surface area contributed by atoms with Gasteiger partial charge in [0.1, 0.15) is 5.82 Å². The Labute approximate surface area is 84.1 Å². The number of aromatic nitrogens is 2. The monoisotopic (exact) mass is 195 g/mol. The molecule has 1 saturated carbocycles. The van der Waals surface area contributed by atoms with E-state index in [1.165, 1.54) is 12.8 Å². The van der Waals surface area contributed by atoms with Crippen LogP contribution < -0.4 is 5.73 Å². The predicted octanol–water partition coefficient (Wildman–Crippen LogP) is 1.60. The van der Waals surface area contributed by atoms with Crippen molar-refractivity contribution in [3.05, 3.63) is 12.5 Å². The van der Waals surface area contributed by atoms with Crippen molar-refractivity contribution < 1.29 is 4.74 Å². The second-order valence-corrected chi connectivity index (χ2v) is 3.87. The minimum atomic E-state index is 0.317. The lowest BCUT2D eigenvalue weighted by atomic mass is 9.92. The summed E-state index contributed by atoms with van der Waals surface area (Å²) in [6.07, 6.45) is 8.84. The Morgan fingerprint density at radius 1 is 1.50 bits per heavy atom. The van der Waals surface area contributed by atoms with E-state index in [0.29, 0.717) is 18.0 Å². The predicted molar refractivity (Wildman–Crippen MR) is 54.9 cm³/mol. The van der Waals surface area contributed by atoms with Gasteiger partial charge in [-0.05, 0) is 12.8 Å². The van der Waals surface area contributed by atoms with Gasteiger partial charge < -0.3 is 15.0 Å². The van der Waals surface area contributed by atoms with Gasteiger partial charge in [0, 0.05) is 13.3 Å². The average molecular weight is 195 g/mol. The van der Waals surface area contributed by atoms with Crippen LogP contribution in [-0.4, -0.2) is 22.8 Å². The molecule has 1 aliphatic rings. The summed E-state index contributed by atoms with van der Waals surface area (Å²) in [5.74, 6) is 0.588. The number of nitrogens with zero attached hydrogens (tertiary/aromatic N) is 2. The zero-order valence-corrected chi connectivity index (χ0v) is 8.52. The van der Waals surface area contributed by atoms with Gasteiger partial charge >= 0.3 is 0 Å². The molecule has 0 aromatic carbocycles. The highest BCUT2D eigenvalue weighted by atomic mass is 16.5. The number of ether oxygens (including phenoxy) is 1. The molecule has 14 heavy (non-hydrogen) atoms. The first-order valence-electron chi connectivity index (χ1n) is 5.13. The van der Waals surface area contributed by atoms with Gasteiger partial charge in [0.25, 0.3) is 0 Å². The fourth-order valence-corrected chi connectivity index (χ4v) is 2.23. The van der Waals surface area contributed by atoms with E-state index in [-0.39, 0.29) is 0 Å². The fourth-order valence-electron chi connectivity index (χ4n) is 2.23. The molecule has 2 rings (SSSR count). The van der Waals surface area contributed by atoms with Crippen molar-refractivity contribution >= 4 is 5.82 Å². The van der Waals surface area contributed by atoms with Gasteiger partial charge in [0.2, 0.25) is 0 Å². The van der Waals surface area contributed by atoms with Gasteiger partial charge in [0.15, 0.2) is 0 Å². The topological polar surface area (TPSA) is 53.1 Å². The maximum Gasteiger partial charge on any atom is 0.141 e. The van der Waals surface area contributed by atoms with E-state index in [0.717, 1.165) is 12.8 Å². The molecule has 2 unspecified atom stereocenters. The van der Waals surface area contributed by atoms with E-state index in [1.54, 1.807) is 13.4 Å². The van der Waals surface area contributed by atoms with Gasteiger partial charge in [-0.2, -0.15) is 0 Å². The third-order valence-electron chi connectivity index (χ3n) is 2.97. The summed E-state index contributed by atoms with van der Waals surface area (Å²) in [7, 11) is 1.78. The van der Waals surface area contributed by atoms with E-state index in [4.69, 9.17) is 10.5 Å². The van der Waals surface area contributed by atoms with Crippen LogP contribution in [0.4, 0.5) is 5.82 Å². The van der Waals surface area contributed by atoms with Gasteiger partial charge in [-0.3, -0.25) is 0 Å². The standard InChI is InChI=1S/C10H17N3O/c1-14-9-5-3-2-4-8(9)13-6-10(11)12-7-13/h6-9H,2-5,11H2,1H3. The molecule has 2 atom stereocenters. The maximum atomic E-state index is 5.60. The van der Waals surface area contributed by atoms with E-state index in [1.807, 2.05) is 6.20 Å². The first-order chi connectivity index (χ1) is 6.81. The Kier molecular flexibility index (Phi) is 2.72. The first kappa shape index (κ1) is 9.52. The smallest absolute Gasteiger partial charge is 0.141 e. The van der Waals surface area contributed by atoms with Crippen LogP contribution in [0.2, 0.25) is 0 Å². The molecule has 4 nitrogen and oxygen atoms in total. The van der Waals surface area contributed by atoms with Crippen molar-refractivity contribution in [3.8, 4) is 0 Å². The number of rotatable bonds is 2. The molecule has 0 bridgehead atoms. The van der Waals surface area contributed by atoms with Gasteiger partial charge in [-0.1, -0.05) is 12.8 Å². The molecular formula is C10H17N3O. The molecule has 4 heteroatoms. The molecule has 1 aromatic heterocycles. The van der Waals surface area contributed by atoms with Crippen molar-refractivity contribution in [2.75, 3.05) is 12.8 Å². The lowest BCUT2D eigenvalue weighted by Gasteiger charge is -2.31. The quantitative estimate of drug-likeness (QED) is 0.779. The molecule has 1 aliphatic carbocycles. The van der Waals surface area contributed by atoms with Crippen molar-refractivity contribution in [3.63, 3.8) is 0 Å². The zero-order valence-electron chi connectivity index (χ0n) is 8.52. The third kappa shape index (κ3) is 1.75.